The van der Waals surface area contributed by atoms with Gasteiger partial charge in [0.05, 0.1) is 23.4 Å². The summed E-state index contributed by atoms with van der Waals surface area (Å²) in [4.78, 5) is 22.1. The van der Waals surface area contributed by atoms with Gasteiger partial charge < -0.3 is 14.4 Å². The Balaban J connectivity index is 1.97. The molecule has 0 N–H and O–H groups in total. The molecule has 172 valence electrons. The van der Waals surface area contributed by atoms with Gasteiger partial charge in [-0.15, -0.1) is 0 Å². The standard InChI is InChI=1S/C24H30FN3O3S/c1-5-27(6-2)13-14-28(24-26-19-11-10-18(25)16-22(19)32-24)23(29)17-9-12-20(30-7-3)21(15-17)31-8-4/h9-12,15-16H,5-8,13-14H2,1-4H3. The van der Waals surface area contributed by atoms with Crippen LogP contribution in [-0.2, 0) is 0 Å². The van der Waals surface area contributed by atoms with Crippen LogP contribution >= 0.6 is 11.3 Å². The highest BCUT2D eigenvalue weighted by Gasteiger charge is 2.23. The Bertz CT molecular complexity index is 1050. The summed E-state index contributed by atoms with van der Waals surface area (Å²) in [5.41, 5.74) is 1.16. The summed E-state index contributed by atoms with van der Waals surface area (Å²) in [5.74, 6) is 0.647. The number of hydrogen-bond acceptors (Lipinski definition) is 6. The smallest absolute Gasteiger partial charge is 0.260 e. The van der Waals surface area contributed by atoms with E-state index < -0.39 is 0 Å². The van der Waals surface area contributed by atoms with Crippen LogP contribution in [0.15, 0.2) is 36.4 Å². The lowest BCUT2D eigenvalue weighted by molar-refractivity contribution is 0.0983. The minimum atomic E-state index is -0.318. The molecule has 1 aromatic heterocycles. The molecular weight excluding hydrogens is 429 g/mol. The molecule has 8 heteroatoms. The van der Waals surface area contributed by atoms with E-state index in [0.717, 1.165) is 13.1 Å². The third kappa shape index (κ3) is 5.55. The Kier molecular flexibility index (Phi) is 8.41. The zero-order valence-electron chi connectivity index (χ0n) is 19.1. The molecule has 3 aromatic rings. The molecular formula is C24H30FN3O3S. The van der Waals surface area contributed by atoms with Crippen molar-refractivity contribution in [2.45, 2.75) is 27.7 Å². The maximum atomic E-state index is 13.7. The second-order valence-corrected chi connectivity index (χ2v) is 8.13. The second kappa shape index (κ2) is 11.2. The Morgan fingerprint density at radius 3 is 2.38 bits per heavy atom. The molecule has 0 unspecified atom stereocenters. The number of nitrogens with zero attached hydrogens (tertiary/aromatic N) is 3. The fraction of sp³-hybridized carbons (Fsp3) is 0.417. The van der Waals surface area contributed by atoms with Gasteiger partial charge in [0.1, 0.15) is 5.82 Å². The van der Waals surface area contributed by atoms with Crippen molar-refractivity contribution in [2.75, 3.05) is 44.3 Å². The molecule has 0 spiro atoms. The molecule has 2 aromatic carbocycles. The van der Waals surface area contributed by atoms with E-state index in [0.29, 0.717) is 58.7 Å². The van der Waals surface area contributed by atoms with Crippen molar-refractivity contribution in [1.29, 1.82) is 0 Å². The molecule has 3 rings (SSSR count). The van der Waals surface area contributed by atoms with E-state index in [4.69, 9.17) is 9.47 Å². The lowest BCUT2D eigenvalue weighted by Crippen LogP contribution is -2.38. The van der Waals surface area contributed by atoms with E-state index in [1.54, 1.807) is 29.2 Å². The monoisotopic (exact) mass is 459 g/mol. The Morgan fingerprint density at radius 2 is 1.69 bits per heavy atom. The molecule has 1 amide bonds. The topological polar surface area (TPSA) is 54.9 Å². The van der Waals surface area contributed by atoms with Crippen LogP contribution in [0.4, 0.5) is 9.52 Å². The van der Waals surface area contributed by atoms with Crippen LogP contribution in [0.1, 0.15) is 38.1 Å². The van der Waals surface area contributed by atoms with E-state index in [2.05, 4.69) is 23.7 Å². The van der Waals surface area contributed by atoms with Crippen molar-refractivity contribution >= 4 is 32.6 Å². The summed E-state index contributed by atoms with van der Waals surface area (Å²) in [6.07, 6.45) is 0. The number of halogens is 1. The molecule has 0 radical (unpaired) electrons. The van der Waals surface area contributed by atoms with Crippen molar-refractivity contribution < 1.29 is 18.7 Å². The van der Waals surface area contributed by atoms with E-state index in [1.165, 1.54) is 23.5 Å². The van der Waals surface area contributed by atoms with Crippen LogP contribution in [0, 0.1) is 5.82 Å². The first-order chi connectivity index (χ1) is 15.5. The van der Waals surface area contributed by atoms with Gasteiger partial charge in [-0.3, -0.25) is 9.69 Å². The lowest BCUT2D eigenvalue weighted by atomic mass is 10.1. The van der Waals surface area contributed by atoms with Crippen LogP contribution in [0.5, 0.6) is 11.5 Å². The lowest BCUT2D eigenvalue weighted by Gasteiger charge is -2.25. The quantitative estimate of drug-likeness (QED) is 0.393. The van der Waals surface area contributed by atoms with Crippen LogP contribution in [0.2, 0.25) is 0 Å². The maximum absolute atomic E-state index is 13.7. The normalized spacial score (nSPS) is 11.2. The SMILES string of the molecule is CCOc1ccc(C(=O)N(CCN(CC)CC)c2nc3ccc(F)cc3s2)cc1OCC. The first kappa shape index (κ1) is 23.9. The van der Waals surface area contributed by atoms with Crippen molar-refractivity contribution in [2.24, 2.45) is 0 Å². The van der Waals surface area contributed by atoms with Crippen molar-refractivity contribution in [1.82, 2.24) is 9.88 Å². The molecule has 0 bridgehead atoms. The molecule has 0 aliphatic heterocycles. The highest BCUT2D eigenvalue weighted by atomic mass is 32.1. The summed E-state index contributed by atoms with van der Waals surface area (Å²) < 4.78 is 25.7. The molecule has 0 atom stereocenters. The molecule has 0 fully saturated rings. The van der Waals surface area contributed by atoms with E-state index in [-0.39, 0.29) is 11.7 Å². The number of thiazole rings is 1. The minimum Gasteiger partial charge on any atom is -0.490 e. The van der Waals surface area contributed by atoms with Gasteiger partial charge in [0.2, 0.25) is 0 Å². The van der Waals surface area contributed by atoms with Gasteiger partial charge >= 0.3 is 0 Å². The van der Waals surface area contributed by atoms with Gasteiger partial charge in [-0.05, 0) is 63.3 Å². The number of fused-ring (bicyclic) bond motifs is 1. The first-order valence-electron chi connectivity index (χ1n) is 11.0. The van der Waals surface area contributed by atoms with Gasteiger partial charge in [-0.1, -0.05) is 25.2 Å². The molecule has 32 heavy (non-hydrogen) atoms. The van der Waals surface area contributed by atoms with Crippen LogP contribution in [-0.4, -0.2) is 55.2 Å². The number of carbonyl (C=O) groups is 1. The number of carbonyl (C=O) groups excluding carboxylic acids is 1. The van der Waals surface area contributed by atoms with Gasteiger partial charge in [-0.25, -0.2) is 9.37 Å². The van der Waals surface area contributed by atoms with E-state index in [9.17, 15) is 9.18 Å². The molecule has 1 heterocycles. The minimum absolute atomic E-state index is 0.180. The zero-order valence-corrected chi connectivity index (χ0v) is 19.9. The van der Waals surface area contributed by atoms with E-state index >= 15 is 0 Å². The van der Waals surface area contributed by atoms with Gasteiger partial charge in [0.25, 0.3) is 5.91 Å². The predicted molar refractivity (Wildman–Crippen MR) is 128 cm³/mol. The van der Waals surface area contributed by atoms with Crippen LogP contribution in [0.3, 0.4) is 0 Å². The Labute approximate surface area is 192 Å². The first-order valence-corrected chi connectivity index (χ1v) is 11.8. The van der Waals surface area contributed by atoms with Crippen molar-refractivity contribution in [3.05, 3.63) is 47.8 Å². The van der Waals surface area contributed by atoms with Crippen LogP contribution < -0.4 is 14.4 Å². The maximum Gasteiger partial charge on any atom is 0.260 e. The Morgan fingerprint density at radius 1 is 0.969 bits per heavy atom. The van der Waals surface area contributed by atoms with Gasteiger partial charge in [0, 0.05) is 18.7 Å². The highest BCUT2D eigenvalue weighted by Crippen LogP contribution is 2.32. The summed E-state index contributed by atoms with van der Waals surface area (Å²) in [6.45, 7) is 11.9. The molecule has 0 saturated heterocycles. The van der Waals surface area contributed by atoms with Gasteiger partial charge in [0.15, 0.2) is 16.6 Å². The second-order valence-electron chi connectivity index (χ2n) is 7.12. The fourth-order valence-corrected chi connectivity index (χ4v) is 4.42. The van der Waals surface area contributed by atoms with Crippen LogP contribution in [0.25, 0.3) is 10.2 Å². The number of amides is 1. The predicted octanol–water partition coefficient (Wildman–Crippen LogP) is 5.22. The van der Waals surface area contributed by atoms with Crippen molar-refractivity contribution in [3.8, 4) is 11.5 Å². The fourth-order valence-electron chi connectivity index (χ4n) is 3.41. The molecule has 0 aliphatic carbocycles. The number of rotatable bonds is 11. The molecule has 0 saturated carbocycles. The largest absolute Gasteiger partial charge is 0.490 e. The summed E-state index contributed by atoms with van der Waals surface area (Å²) in [5, 5.41) is 0.551. The third-order valence-electron chi connectivity index (χ3n) is 5.14. The molecule has 0 aliphatic rings. The number of aromatic nitrogens is 1. The number of benzene rings is 2. The third-order valence-corrected chi connectivity index (χ3v) is 6.18. The van der Waals surface area contributed by atoms with Gasteiger partial charge in [-0.2, -0.15) is 0 Å². The number of likely N-dealkylation sites (N-methyl/N-ethyl adjacent to an activating group) is 1. The number of hydrogen-bond donors (Lipinski definition) is 0. The molecule has 6 nitrogen and oxygen atoms in total. The number of anilines is 1. The summed E-state index contributed by atoms with van der Waals surface area (Å²) in [7, 11) is 0. The van der Waals surface area contributed by atoms with E-state index in [1.807, 2.05) is 13.8 Å². The average molecular weight is 460 g/mol. The average Bonchev–Trinajstić information content (AvgIpc) is 3.20. The van der Waals surface area contributed by atoms with Crippen molar-refractivity contribution in [3.63, 3.8) is 0 Å². The number of ether oxygens (including phenoxy) is 2. The summed E-state index contributed by atoms with van der Waals surface area (Å²) >= 11 is 1.31. The zero-order chi connectivity index (χ0) is 23.1. The highest BCUT2D eigenvalue weighted by molar-refractivity contribution is 7.22. The Hall–Kier alpha value is -2.71. The summed E-state index contributed by atoms with van der Waals surface area (Å²) in [6, 6.07) is 9.70.